The second-order valence-corrected chi connectivity index (χ2v) is 3.77. The molecule has 0 aromatic heterocycles. The average Bonchev–Trinajstić information content (AvgIpc) is 2.34. The van der Waals surface area contributed by atoms with Crippen molar-refractivity contribution in [2.24, 2.45) is 5.73 Å². The van der Waals surface area contributed by atoms with Gasteiger partial charge in [-0.1, -0.05) is 29.8 Å². The molecule has 0 saturated carbocycles. The van der Waals surface area contributed by atoms with Crippen molar-refractivity contribution in [3.05, 3.63) is 34.9 Å². The van der Waals surface area contributed by atoms with Gasteiger partial charge in [-0.3, -0.25) is 0 Å². The van der Waals surface area contributed by atoms with Crippen LogP contribution < -0.4 is 5.73 Å². The van der Waals surface area contributed by atoms with E-state index in [4.69, 9.17) is 26.8 Å². The molecule has 0 aliphatic rings. The largest absolute Gasteiger partial charge is 0.462 e. The van der Waals surface area contributed by atoms with Gasteiger partial charge in [-0.25, -0.2) is 4.79 Å². The van der Waals surface area contributed by atoms with E-state index in [1.54, 1.807) is 24.3 Å². The van der Waals surface area contributed by atoms with Crippen molar-refractivity contribution in [3.63, 3.8) is 0 Å². The molecule has 1 atom stereocenters. The predicted molar refractivity (Wildman–Crippen MR) is 65.8 cm³/mol. The van der Waals surface area contributed by atoms with Crippen LogP contribution in [0.3, 0.4) is 0 Å². The van der Waals surface area contributed by atoms with Crippen LogP contribution in [0.2, 0.25) is 5.02 Å². The maximum Gasteiger partial charge on any atom is 0.327 e. The van der Waals surface area contributed by atoms with Gasteiger partial charge in [0, 0.05) is 11.6 Å². The highest BCUT2D eigenvalue weighted by molar-refractivity contribution is 6.31. The number of carbonyl (C=O) groups excluding carboxylic acids is 1. The van der Waals surface area contributed by atoms with Gasteiger partial charge in [0.2, 0.25) is 0 Å². The molecule has 0 aliphatic heterocycles. The average molecular weight is 258 g/mol. The monoisotopic (exact) mass is 257 g/mol. The van der Waals surface area contributed by atoms with Gasteiger partial charge >= 0.3 is 5.97 Å². The minimum atomic E-state index is -0.856. The third kappa shape index (κ3) is 4.34. The molecule has 0 unspecified atom stereocenters. The summed E-state index contributed by atoms with van der Waals surface area (Å²) < 4.78 is 10.0. The number of benzene rings is 1. The van der Waals surface area contributed by atoms with Gasteiger partial charge < -0.3 is 15.2 Å². The molecule has 94 valence electrons. The highest BCUT2D eigenvalue weighted by atomic mass is 35.5. The van der Waals surface area contributed by atoms with E-state index >= 15 is 0 Å². The van der Waals surface area contributed by atoms with E-state index in [0.29, 0.717) is 23.8 Å². The molecule has 0 saturated heterocycles. The van der Waals surface area contributed by atoms with Gasteiger partial charge in [0.15, 0.2) is 0 Å². The Labute approximate surface area is 106 Å². The van der Waals surface area contributed by atoms with Crippen LogP contribution in [0.4, 0.5) is 0 Å². The molecule has 0 radical (unpaired) electrons. The van der Waals surface area contributed by atoms with Crippen molar-refractivity contribution < 1.29 is 14.3 Å². The fourth-order valence-electron chi connectivity index (χ4n) is 1.29. The molecule has 2 N–H and O–H groups in total. The molecule has 0 fully saturated rings. The van der Waals surface area contributed by atoms with Crippen molar-refractivity contribution in [2.75, 3.05) is 19.8 Å². The van der Waals surface area contributed by atoms with E-state index in [1.807, 2.05) is 6.92 Å². The summed E-state index contributed by atoms with van der Waals surface area (Å²) in [6.45, 7) is 3.04. The Balaban J connectivity index is 2.49. The third-order valence-corrected chi connectivity index (χ3v) is 2.51. The van der Waals surface area contributed by atoms with Gasteiger partial charge in [-0.15, -0.1) is 0 Å². The summed E-state index contributed by atoms with van der Waals surface area (Å²) in [5.74, 6) is -0.502. The lowest BCUT2D eigenvalue weighted by molar-refractivity contribution is -0.146. The number of nitrogens with two attached hydrogens (primary N) is 1. The number of halogens is 1. The minimum absolute atomic E-state index is 0.199. The lowest BCUT2D eigenvalue weighted by Crippen LogP contribution is -2.25. The second kappa shape index (κ2) is 7.27. The molecule has 0 spiro atoms. The molecule has 1 aromatic carbocycles. The first kappa shape index (κ1) is 14.0. The van der Waals surface area contributed by atoms with Crippen LogP contribution in [0.15, 0.2) is 24.3 Å². The maximum atomic E-state index is 11.6. The second-order valence-electron chi connectivity index (χ2n) is 3.36. The van der Waals surface area contributed by atoms with E-state index in [2.05, 4.69) is 0 Å². The van der Waals surface area contributed by atoms with Crippen LogP contribution in [-0.2, 0) is 14.3 Å². The van der Waals surface area contributed by atoms with E-state index in [0.717, 1.165) is 0 Å². The van der Waals surface area contributed by atoms with Crippen LogP contribution in [0.5, 0.6) is 0 Å². The Morgan fingerprint density at radius 3 is 2.76 bits per heavy atom. The molecular weight excluding hydrogens is 242 g/mol. The van der Waals surface area contributed by atoms with Crippen molar-refractivity contribution in [2.45, 2.75) is 13.0 Å². The quantitative estimate of drug-likeness (QED) is 0.625. The number of esters is 1. The highest BCUT2D eigenvalue weighted by Crippen LogP contribution is 2.21. The normalized spacial score (nSPS) is 12.2. The fourth-order valence-corrected chi connectivity index (χ4v) is 1.54. The Morgan fingerprint density at radius 2 is 2.12 bits per heavy atom. The molecular formula is C12H16ClNO3. The van der Waals surface area contributed by atoms with Gasteiger partial charge in [0.25, 0.3) is 0 Å². The van der Waals surface area contributed by atoms with Crippen LogP contribution in [0, 0.1) is 0 Å². The molecule has 1 rings (SSSR count). The number of hydrogen-bond acceptors (Lipinski definition) is 4. The zero-order valence-corrected chi connectivity index (χ0v) is 10.4. The SMILES string of the molecule is CCOCCOC(=O)[C@H](N)c1ccccc1Cl. The standard InChI is InChI=1S/C12H16ClNO3/c1-2-16-7-8-17-12(15)11(14)9-5-3-4-6-10(9)13/h3-6,11H,2,7-8,14H2,1H3/t11-/m1/s1. The van der Waals surface area contributed by atoms with Gasteiger partial charge in [-0.2, -0.15) is 0 Å². The van der Waals surface area contributed by atoms with Crippen molar-refractivity contribution in [3.8, 4) is 0 Å². The van der Waals surface area contributed by atoms with Gasteiger partial charge in [-0.05, 0) is 18.6 Å². The van der Waals surface area contributed by atoms with Crippen molar-refractivity contribution in [1.82, 2.24) is 0 Å². The molecule has 5 heteroatoms. The fraction of sp³-hybridized carbons (Fsp3) is 0.417. The van der Waals surface area contributed by atoms with Crippen LogP contribution in [0.1, 0.15) is 18.5 Å². The lowest BCUT2D eigenvalue weighted by atomic mass is 10.1. The van der Waals surface area contributed by atoms with E-state index < -0.39 is 12.0 Å². The molecule has 1 aromatic rings. The highest BCUT2D eigenvalue weighted by Gasteiger charge is 2.19. The predicted octanol–water partition coefficient (Wildman–Crippen LogP) is 1.92. The van der Waals surface area contributed by atoms with E-state index in [9.17, 15) is 4.79 Å². The third-order valence-electron chi connectivity index (χ3n) is 2.17. The number of carbonyl (C=O) groups is 1. The van der Waals surface area contributed by atoms with Crippen molar-refractivity contribution >= 4 is 17.6 Å². The lowest BCUT2D eigenvalue weighted by Gasteiger charge is -2.13. The van der Waals surface area contributed by atoms with E-state index in [1.165, 1.54) is 0 Å². The summed E-state index contributed by atoms with van der Waals surface area (Å²) in [5, 5.41) is 0.460. The van der Waals surface area contributed by atoms with Crippen LogP contribution in [-0.4, -0.2) is 25.8 Å². The first-order valence-electron chi connectivity index (χ1n) is 5.41. The van der Waals surface area contributed by atoms with Crippen LogP contribution >= 0.6 is 11.6 Å². The smallest absolute Gasteiger partial charge is 0.327 e. The first-order valence-corrected chi connectivity index (χ1v) is 5.79. The Bertz CT molecular complexity index is 371. The molecule has 0 bridgehead atoms. The molecule has 0 aliphatic carbocycles. The zero-order valence-electron chi connectivity index (χ0n) is 9.69. The summed E-state index contributed by atoms with van der Waals surface area (Å²) in [6.07, 6.45) is 0. The summed E-state index contributed by atoms with van der Waals surface area (Å²) >= 11 is 5.93. The summed E-state index contributed by atoms with van der Waals surface area (Å²) in [5.41, 5.74) is 6.32. The molecule has 0 amide bonds. The van der Waals surface area contributed by atoms with E-state index in [-0.39, 0.29) is 6.61 Å². The topological polar surface area (TPSA) is 61.5 Å². The number of ether oxygens (including phenoxy) is 2. The maximum absolute atomic E-state index is 11.6. The van der Waals surface area contributed by atoms with Gasteiger partial charge in [0.1, 0.15) is 12.6 Å². The van der Waals surface area contributed by atoms with Crippen LogP contribution in [0.25, 0.3) is 0 Å². The minimum Gasteiger partial charge on any atom is -0.462 e. The summed E-state index contributed by atoms with van der Waals surface area (Å²) in [6, 6.07) is 6.08. The summed E-state index contributed by atoms with van der Waals surface area (Å²) in [7, 11) is 0. The first-order chi connectivity index (χ1) is 8.16. The molecule has 0 heterocycles. The molecule has 4 nitrogen and oxygen atoms in total. The Hall–Kier alpha value is -1.10. The number of hydrogen-bond donors (Lipinski definition) is 1. The Morgan fingerprint density at radius 1 is 1.41 bits per heavy atom. The van der Waals surface area contributed by atoms with Gasteiger partial charge in [0.05, 0.1) is 6.61 Å². The summed E-state index contributed by atoms with van der Waals surface area (Å²) in [4.78, 5) is 11.6. The zero-order chi connectivity index (χ0) is 12.7. The molecule has 17 heavy (non-hydrogen) atoms. The number of rotatable bonds is 6. The Kier molecular flexibility index (Phi) is 5.97. The van der Waals surface area contributed by atoms with Crippen molar-refractivity contribution in [1.29, 1.82) is 0 Å².